The van der Waals surface area contributed by atoms with Gasteiger partial charge in [0.25, 0.3) is 0 Å². The van der Waals surface area contributed by atoms with E-state index in [0.717, 1.165) is 0 Å². The Morgan fingerprint density at radius 2 is 1.00 bits per heavy atom. The van der Waals surface area contributed by atoms with Gasteiger partial charge in [-0.15, -0.1) is 0 Å². The van der Waals surface area contributed by atoms with Crippen molar-refractivity contribution in [3.8, 4) is 0 Å². The van der Waals surface area contributed by atoms with Crippen LogP contribution in [0.4, 0.5) is 0 Å². The lowest BCUT2D eigenvalue weighted by atomic mass is 10.4. The number of rotatable bonds is 1. The van der Waals surface area contributed by atoms with Crippen molar-refractivity contribution in [2.75, 3.05) is 7.05 Å². The van der Waals surface area contributed by atoms with Crippen LogP contribution in [0.1, 0.15) is 40.5 Å². The number of nitrogens with two attached hydrogens (primary N) is 1. The summed E-state index contributed by atoms with van der Waals surface area (Å²) in [7, 11) is 1.50. The van der Waals surface area contributed by atoms with E-state index in [4.69, 9.17) is 0 Å². The molecule has 0 aliphatic heterocycles. The summed E-state index contributed by atoms with van der Waals surface area (Å²) in [6, 6.07) is 0. The van der Waals surface area contributed by atoms with E-state index in [0.29, 0.717) is 0 Å². The van der Waals surface area contributed by atoms with Crippen molar-refractivity contribution in [2.24, 2.45) is 5.73 Å². The van der Waals surface area contributed by atoms with E-state index in [1.165, 1.54) is 19.9 Å². The van der Waals surface area contributed by atoms with Crippen molar-refractivity contribution in [3.05, 3.63) is 0 Å². The second-order valence-electron chi connectivity index (χ2n) is 1.000. The molecule has 0 saturated carbocycles. The first kappa shape index (κ1) is 15.7. The van der Waals surface area contributed by atoms with Crippen LogP contribution in [0.25, 0.3) is 0 Å². The number of unbranched alkanes of at least 4 members (excludes halogenated alkanes) is 1. The molecule has 54 valence electrons. The van der Waals surface area contributed by atoms with Gasteiger partial charge in [-0.1, -0.05) is 40.5 Å². The smallest absolute Gasteiger partial charge is 0.0195 e. The molecular weight excluding hydrogens is 98.1 g/mol. The van der Waals surface area contributed by atoms with E-state index >= 15 is 0 Å². The van der Waals surface area contributed by atoms with E-state index in [9.17, 15) is 0 Å². The standard InChI is InChI=1S/C4H10.C2H6.CH5N/c1-3-4-2;2*1-2/h3-4H2,1-2H3;1-2H3;2H2,1H3. The predicted octanol–water partition coefficient (Wildman–Crippen LogP) is 2.41. The highest BCUT2D eigenvalue weighted by Gasteiger charge is 1.56. The van der Waals surface area contributed by atoms with Crippen LogP contribution in [0.3, 0.4) is 0 Å². The molecule has 1 nitrogen and oxygen atoms in total. The highest BCUT2D eigenvalue weighted by Crippen LogP contribution is 1.76. The Morgan fingerprint density at radius 1 is 0.875 bits per heavy atom. The summed E-state index contributed by atoms with van der Waals surface area (Å²) in [6.45, 7) is 8.36. The van der Waals surface area contributed by atoms with Crippen molar-refractivity contribution in [2.45, 2.75) is 40.5 Å². The molecule has 0 rings (SSSR count). The Balaban J connectivity index is -0.0000000542. The second kappa shape index (κ2) is 64.4. The third kappa shape index (κ3) is 159. The second-order valence-corrected chi connectivity index (χ2v) is 1.000. The summed E-state index contributed by atoms with van der Waals surface area (Å²) in [4.78, 5) is 0. The highest BCUT2D eigenvalue weighted by molar-refractivity contribution is 4.12. The molecule has 0 unspecified atom stereocenters. The van der Waals surface area contributed by atoms with Gasteiger partial charge in [-0.05, 0) is 7.05 Å². The summed E-state index contributed by atoms with van der Waals surface area (Å²) >= 11 is 0. The van der Waals surface area contributed by atoms with E-state index in [-0.39, 0.29) is 0 Å². The molecule has 0 bridgehead atoms. The zero-order valence-corrected chi connectivity index (χ0v) is 6.99. The normalized spacial score (nSPS) is 5.25. The van der Waals surface area contributed by atoms with Crippen molar-refractivity contribution >= 4 is 0 Å². The van der Waals surface area contributed by atoms with Crippen LogP contribution in [-0.2, 0) is 0 Å². The molecule has 0 aliphatic rings. The largest absolute Gasteiger partial charge is 0.333 e. The van der Waals surface area contributed by atoms with Gasteiger partial charge in [0.1, 0.15) is 0 Å². The first-order chi connectivity index (χ1) is 3.91. The molecule has 0 heterocycles. The van der Waals surface area contributed by atoms with Gasteiger partial charge < -0.3 is 5.73 Å². The van der Waals surface area contributed by atoms with Crippen LogP contribution >= 0.6 is 0 Å². The Kier molecular flexibility index (Phi) is 126. The highest BCUT2D eigenvalue weighted by atomic mass is 14.4. The molecule has 0 spiro atoms. The number of hydrogen-bond donors (Lipinski definition) is 1. The van der Waals surface area contributed by atoms with Crippen LogP contribution < -0.4 is 5.73 Å². The third-order valence-corrected chi connectivity index (χ3v) is 0.500. The Bertz CT molecular complexity index is 6.35. The fourth-order valence-corrected chi connectivity index (χ4v) is 0. The molecule has 0 amide bonds. The monoisotopic (exact) mass is 119 g/mol. The lowest BCUT2D eigenvalue weighted by Crippen LogP contribution is -1.69. The van der Waals surface area contributed by atoms with Crippen molar-refractivity contribution in [1.29, 1.82) is 0 Å². The van der Waals surface area contributed by atoms with Crippen LogP contribution in [0.5, 0.6) is 0 Å². The van der Waals surface area contributed by atoms with Crippen LogP contribution in [0.15, 0.2) is 0 Å². The molecule has 0 atom stereocenters. The minimum Gasteiger partial charge on any atom is -0.333 e. The van der Waals surface area contributed by atoms with Crippen LogP contribution in [0.2, 0.25) is 0 Å². The fourth-order valence-electron chi connectivity index (χ4n) is 0. The molecule has 0 radical (unpaired) electrons. The zero-order chi connectivity index (χ0) is 7.41. The number of hydrogen-bond acceptors (Lipinski definition) is 1. The zero-order valence-electron chi connectivity index (χ0n) is 6.99. The Labute approximate surface area is 54.3 Å². The van der Waals surface area contributed by atoms with Gasteiger partial charge >= 0.3 is 0 Å². The van der Waals surface area contributed by atoms with Gasteiger partial charge in [-0.3, -0.25) is 0 Å². The molecule has 0 saturated heterocycles. The molecule has 0 fully saturated rings. The summed E-state index contributed by atoms with van der Waals surface area (Å²) in [5.74, 6) is 0. The van der Waals surface area contributed by atoms with Gasteiger partial charge in [0, 0.05) is 0 Å². The molecule has 0 aromatic rings. The Morgan fingerprint density at radius 3 is 1.00 bits per heavy atom. The van der Waals surface area contributed by atoms with E-state index in [1.54, 1.807) is 0 Å². The van der Waals surface area contributed by atoms with Crippen LogP contribution in [-0.4, -0.2) is 7.05 Å². The van der Waals surface area contributed by atoms with Gasteiger partial charge in [-0.2, -0.15) is 0 Å². The first-order valence-corrected chi connectivity index (χ1v) is 3.49. The first-order valence-electron chi connectivity index (χ1n) is 3.49. The van der Waals surface area contributed by atoms with Crippen LogP contribution in [0, 0.1) is 0 Å². The predicted molar refractivity (Wildman–Crippen MR) is 42.0 cm³/mol. The minimum absolute atomic E-state index is 1.32. The maximum Gasteiger partial charge on any atom is -0.0195 e. The average Bonchev–Trinajstić information content (AvgIpc) is 1.96. The maximum atomic E-state index is 4.50. The SMILES string of the molecule is CC.CCCC.CN. The minimum atomic E-state index is 1.32. The van der Waals surface area contributed by atoms with E-state index in [2.05, 4.69) is 19.6 Å². The Hall–Kier alpha value is -0.0400. The van der Waals surface area contributed by atoms with Gasteiger partial charge in [0.2, 0.25) is 0 Å². The fraction of sp³-hybridized carbons (Fsp3) is 1.00. The molecule has 0 aliphatic carbocycles. The van der Waals surface area contributed by atoms with Gasteiger partial charge in [-0.25, -0.2) is 0 Å². The van der Waals surface area contributed by atoms with Crippen molar-refractivity contribution < 1.29 is 0 Å². The molecule has 0 aromatic heterocycles. The summed E-state index contributed by atoms with van der Waals surface area (Å²) < 4.78 is 0. The molecular formula is C7H21N. The maximum absolute atomic E-state index is 4.50. The van der Waals surface area contributed by atoms with Crippen molar-refractivity contribution in [1.82, 2.24) is 0 Å². The summed E-state index contributed by atoms with van der Waals surface area (Å²) in [6.07, 6.45) is 2.64. The lowest BCUT2D eigenvalue weighted by molar-refractivity contribution is 0.886. The quantitative estimate of drug-likeness (QED) is 0.563. The lowest BCUT2D eigenvalue weighted by Gasteiger charge is -1.68. The van der Waals surface area contributed by atoms with E-state index in [1.807, 2.05) is 13.8 Å². The van der Waals surface area contributed by atoms with Crippen molar-refractivity contribution in [3.63, 3.8) is 0 Å². The molecule has 8 heavy (non-hydrogen) atoms. The van der Waals surface area contributed by atoms with E-state index < -0.39 is 0 Å². The molecule has 2 N–H and O–H groups in total. The summed E-state index contributed by atoms with van der Waals surface area (Å²) in [5.41, 5.74) is 4.50. The third-order valence-electron chi connectivity index (χ3n) is 0.500. The summed E-state index contributed by atoms with van der Waals surface area (Å²) in [5, 5.41) is 0. The molecule has 0 aromatic carbocycles. The molecule has 1 heteroatoms. The van der Waals surface area contributed by atoms with Gasteiger partial charge in [0.15, 0.2) is 0 Å². The van der Waals surface area contributed by atoms with Gasteiger partial charge in [0.05, 0.1) is 0 Å². The average molecular weight is 119 g/mol. The topological polar surface area (TPSA) is 26.0 Å².